The number of hydrogen-bond acceptors (Lipinski definition) is 6. The van der Waals surface area contributed by atoms with Gasteiger partial charge in [0.2, 0.25) is 0 Å². The first-order chi connectivity index (χ1) is 16.8. The van der Waals surface area contributed by atoms with Crippen LogP contribution in [0.15, 0.2) is 60.2 Å². The van der Waals surface area contributed by atoms with E-state index in [-0.39, 0.29) is 32.9 Å². The van der Waals surface area contributed by atoms with Crippen LogP contribution in [-0.4, -0.2) is 38.6 Å². The van der Waals surface area contributed by atoms with E-state index in [1.165, 1.54) is 6.07 Å². The van der Waals surface area contributed by atoms with Crippen LogP contribution < -0.4 is 10.1 Å². The molecule has 2 N–H and O–H groups in total. The van der Waals surface area contributed by atoms with Crippen LogP contribution in [-0.2, 0) is 6.42 Å². The Labute approximate surface area is 223 Å². The van der Waals surface area contributed by atoms with Crippen LogP contribution in [0.2, 0.25) is 0 Å². The third kappa shape index (κ3) is 7.42. The van der Waals surface area contributed by atoms with Gasteiger partial charge in [-0.2, -0.15) is 5.26 Å². The summed E-state index contributed by atoms with van der Waals surface area (Å²) in [4.78, 5) is 18.6. The fraction of sp³-hybridized carbons (Fsp3) is 0.345. The van der Waals surface area contributed by atoms with Gasteiger partial charge in [-0.1, -0.05) is 39.1 Å². The largest absolute Gasteiger partial charge is 0.490 e. The summed E-state index contributed by atoms with van der Waals surface area (Å²) >= 11 is 1.59. The first kappa shape index (κ1) is 29.6. The molecule has 2 aromatic heterocycles. The third-order valence-corrected chi connectivity index (χ3v) is 6.28. The molecule has 1 amide bonds. The summed E-state index contributed by atoms with van der Waals surface area (Å²) in [6, 6.07) is 14.8. The van der Waals surface area contributed by atoms with Crippen molar-refractivity contribution in [3.05, 3.63) is 76.9 Å². The molecule has 0 radical (unpaired) electrons. The van der Waals surface area contributed by atoms with Gasteiger partial charge < -0.3 is 15.2 Å². The van der Waals surface area contributed by atoms with Crippen molar-refractivity contribution in [2.45, 2.75) is 66.7 Å². The Kier molecular flexibility index (Phi) is 10.4. The summed E-state index contributed by atoms with van der Waals surface area (Å²) in [7, 11) is 0. The Morgan fingerprint density at radius 3 is 2.54 bits per heavy atom. The SMILES string of the molecule is C.C.CC(O)C[C@H](Cc1ccc(-c2cn3ccsc3n2)cc1)NC(=O)c1ccc(OC(C)C)c(C#N)c1. The highest BCUT2D eigenvalue weighted by molar-refractivity contribution is 7.15. The average molecular weight is 521 g/mol. The standard InChI is InChI=1S/C27H28N4O3S.2CH4/c1-17(2)34-25-9-8-21(14-22(25)15-28)26(33)29-23(12-18(3)32)13-19-4-6-20(7-5-19)24-16-31-10-11-35-27(31)30-24;;/h4-11,14,16-18,23,32H,12-13H2,1-3H3,(H,29,33);2*1H4/t18?,23-;;/m1../s1. The van der Waals surface area contributed by atoms with E-state index in [1.807, 2.05) is 60.3 Å². The van der Waals surface area contributed by atoms with E-state index >= 15 is 0 Å². The maximum atomic E-state index is 13.0. The molecule has 4 rings (SSSR count). The van der Waals surface area contributed by atoms with Gasteiger partial charge in [-0.05, 0) is 57.4 Å². The summed E-state index contributed by atoms with van der Waals surface area (Å²) in [6.45, 7) is 5.47. The van der Waals surface area contributed by atoms with Crippen LogP contribution in [0.3, 0.4) is 0 Å². The van der Waals surface area contributed by atoms with Crippen molar-refractivity contribution in [2.24, 2.45) is 0 Å². The zero-order valence-electron chi connectivity index (χ0n) is 19.9. The van der Waals surface area contributed by atoms with Crippen LogP contribution in [0.5, 0.6) is 5.75 Å². The zero-order chi connectivity index (χ0) is 24.9. The summed E-state index contributed by atoms with van der Waals surface area (Å²) in [5, 5.41) is 24.5. The number of nitrogens with zero attached hydrogens (tertiary/aromatic N) is 3. The molecule has 196 valence electrons. The summed E-state index contributed by atoms with van der Waals surface area (Å²) in [5.41, 5.74) is 3.67. The first-order valence-electron chi connectivity index (χ1n) is 11.5. The van der Waals surface area contributed by atoms with Crippen molar-refractivity contribution >= 4 is 22.2 Å². The smallest absolute Gasteiger partial charge is 0.251 e. The maximum Gasteiger partial charge on any atom is 0.251 e. The molecular formula is C29H36N4O3S. The number of carbonyl (C=O) groups excluding carboxylic acids is 1. The first-order valence-corrected chi connectivity index (χ1v) is 12.4. The highest BCUT2D eigenvalue weighted by atomic mass is 32.1. The van der Waals surface area contributed by atoms with E-state index in [9.17, 15) is 15.2 Å². The van der Waals surface area contributed by atoms with Gasteiger partial charge >= 0.3 is 0 Å². The van der Waals surface area contributed by atoms with Crippen LogP contribution in [0.25, 0.3) is 16.2 Å². The number of rotatable bonds is 9. The molecule has 0 aliphatic rings. The molecule has 4 aromatic rings. The average Bonchev–Trinajstić information content (AvgIpc) is 3.41. The fourth-order valence-corrected chi connectivity index (χ4v) is 4.65. The Balaban J connectivity index is 0.00000241. The molecule has 37 heavy (non-hydrogen) atoms. The van der Waals surface area contributed by atoms with Crippen molar-refractivity contribution in [1.29, 1.82) is 5.26 Å². The van der Waals surface area contributed by atoms with E-state index < -0.39 is 6.10 Å². The number of thiazole rings is 1. The number of hydrogen-bond donors (Lipinski definition) is 2. The van der Waals surface area contributed by atoms with Crippen molar-refractivity contribution in [3.63, 3.8) is 0 Å². The van der Waals surface area contributed by atoms with Crippen molar-refractivity contribution in [1.82, 2.24) is 14.7 Å². The number of nitriles is 1. The van der Waals surface area contributed by atoms with Crippen molar-refractivity contribution < 1.29 is 14.6 Å². The number of nitrogens with one attached hydrogen (secondary N) is 1. The minimum atomic E-state index is -0.574. The quantitative estimate of drug-likeness (QED) is 0.278. The van der Waals surface area contributed by atoms with E-state index in [2.05, 4.69) is 16.4 Å². The summed E-state index contributed by atoms with van der Waals surface area (Å²) < 4.78 is 7.65. The number of fused-ring (bicyclic) bond motifs is 1. The molecule has 2 heterocycles. The normalized spacial score (nSPS) is 12.2. The monoisotopic (exact) mass is 520 g/mol. The molecular weight excluding hydrogens is 484 g/mol. The molecule has 7 nitrogen and oxygen atoms in total. The van der Waals surface area contributed by atoms with Gasteiger partial charge in [0.15, 0.2) is 4.96 Å². The van der Waals surface area contributed by atoms with Gasteiger partial charge in [-0.25, -0.2) is 4.98 Å². The molecule has 0 bridgehead atoms. The number of carbonyl (C=O) groups is 1. The molecule has 0 aliphatic carbocycles. The second-order valence-electron chi connectivity index (χ2n) is 8.86. The van der Waals surface area contributed by atoms with E-state index in [1.54, 1.807) is 30.4 Å². The van der Waals surface area contributed by atoms with E-state index in [4.69, 9.17) is 4.74 Å². The third-order valence-electron chi connectivity index (χ3n) is 5.51. The number of amides is 1. The summed E-state index contributed by atoms with van der Waals surface area (Å²) in [5.74, 6) is 0.162. The molecule has 2 atom stereocenters. The molecule has 8 heteroatoms. The Hall–Kier alpha value is -3.67. The van der Waals surface area contributed by atoms with Crippen LogP contribution in [0.1, 0.15) is 63.5 Å². The van der Waals surface area contributed by atoms with Crippen LogP contribution >= 0.6 is 11.3 Å². The maximum absolute atomic E-state index is 13.0. The van der Waals surface area contributed by atoms with Gasteiger partial charge in [0.25, 0.3) is 5.91 Å². The highest BCUT2D eigenvalue weighted by Crippen LogP contribution is 2.23. The molecule has 0 saturated heterocycles. The number of benzene rings is 2. The van der Waals surface area contributed by atoms with Crippen LogP contribution in [0, 0.1) is 11.3 Å². The van der Waals surface area contributed by atoms with Gasteiger partial charge in [-0.15, -0.1) is 11.3 Å². The summed E-state index contributed by atoms with van der Waals surface area (Å²) in [6.07, 6.45) is 4.31. The highest BCUT2D eigenvalue weighted by Gasteiger charge is 2.18. The second kappa shape index (κ2) is 13.0. The van der Waals surface area contributed by atoms with E-state index in [0.717, 1.165) is 21.8 Å². The number of aromatic nitrogens is 2. The molecule has 0 saturated carbocycles. The van der Waals surface area contributed by atoms with Gasteiger partial charge in [0, 0.05) is 34.9 Å². The fourth-order valence-electron chi connectivity index (χ4n) is 3.95. The lowest BCUT2D eigenvalue weighted by Gasteiger charge is -2.21. The molecule has 0 fully saturated rings. The number of ether oxygens (including phenoxy) is 1. The molecule has 0 spiro atoms. The van der Waals surface area contributed by atoms with Gasteiger partial charge in [0.1, 0.15) is 11.8 Å². The lowest BCUT2D eigenvalue weighted by Crippen LogP contribution is -2.38. The second-order valence-corrected chi connectivity index (χ2v) is 9.74. The van der Waals surface area contributed by atoms with Crippen molar-refractivity contribution in [3.8, 4) is 23.1 Å². The predicted molar refractivity (Wildman–Crippen MR) is 150 cm³/mol. The minimum Gasteiger partial charge on any atom is -0.490 e. The molecule has 0 aliphatic heterocycles. The predicted octanol–water partition coefficient (Wildman–Crippen LogP) is 6.11. The number of aliphatic hydroxyl groups excluding tert-OH is 1. The number of imidazole rings is 1. The molecule has 1 unspecified atom stereocenters. The minimum absolute atomic E-state index is 0. The Morgan fingerprint density at radius 2 is 1.92 bits per heavy atom. The lowest BCUT2D eigenvalue weighted by molar-refractivity contribution is 0.0917. The Bertz CT molecular complexity index is 1320. The molecule has 2 aromatic carbocycles. The topological polar surface area (TPSA) is 99.7 Å². The van der Waals surface area contributed by atoms with E-state index in [0.29, 0.717) is 29.7 Å². The Morgan fingerprint density at radius 1 is 1.19 bits per heavy atom. The van der Waals surface area contributed by atoms with Gasteiger partial charge in [0.05, 0.1) is 23.5 Å². The zero-order valence-corrected chi connectivity index (χ0v) is 20.7. The van der Waals surface area contributed by atoms with Crippen LogP contribution in [0.4, 0.5) is 0 Å². The number of aliphatic hydroxyl groups is 1. The van der Waals surface area contributed by atoms with Crippen molar-refractivity contribution in [2.75, 3.05) is 0 Å². The van der Waals surface area contributed by atoms with Gasteiger partial charge in [-0.3, -0.25) is 9.20 Å². The lowest BCUT2D eigenvalue weighted by atomic mass is 9.99.